The normalized spacial score (nSPS) is 11.8. The minimum Gasteiger partial charge on any atom is -0.494 e. The molecule has 0 N–H and O–H groups in total. The van der Waals surface area contributed by atoms with Crippen LogP contribution in [0.5, 0.6) is 11.5 Å². The number of rotatable bonds is 9. The molecule has 0 spiro atoms. The molecule has 1 aromatic heterocycles. The summed E-state index contributed by atoms with van der Waals surface area (Å²) in [4.78, 5) is 17.1. The van der Waals surface area contributed by atoms with E-state index in [9.17, 15) is 9.18 Å². The molecule has 0 unspecified atom stereocenters. The molecule has 29 heavy (non-hydrogen) atoms. The first kappa shape index (κ1) is 21.0. The SMILES string of the molecule is CCOCCn1c(=NC(=O)COc2ccccc2F)sc2cc(OCC)ccc21. The average Bonchev–Trinajstić information content (AvgIpc) is 3.04. The fraction of sp³-hybridized carbons (Fsp3) is 0.333. The molecule has 6 nitrogen and oxygen atoms in total. The summed E-state index contributed by atoms with van der Waals surface area (Å²) in [6, 6.07) is 11.7. The second-order valence-corrected chi connectivity index (χ2v) is 7.03. The highest BCUT2D eigenvalue weighted by molar-refractivity contribution is 7.16. The zero-order valence-electron chi connectivity index (χ0n) is 16.4. The van der Waals surface area contributed by atoms with Gasteiger partial charge in [0.1, 0.15) is 5.75 Å². The van der Waals surface area contributed by atoms with Crippen LogP contribution in [0.25, 0.3) is 10.2 Å². The van der Waals surface area contributed by atoms with E-state index in [1.165, 1.54) is 23.5 Å². The van der Waals surface area contributed by atoms with Crippen LogP contribution in [0.3, 0.4) is 0 Å². The van der Waals surface area contributed by atoms with E-state index in [2.05, 4.69) is 4.99 Å². The Kier molecular flexibility index (Phi) is 7.37. The van der Waals surface area contributed by atoms with E-state index < -0.39 is 11.7 Å². The maximum absolute atomic E-state index is 13.6. The van der Waals surface area contributed by atoms with Crippen LogP contribution in [0.4, 0.5) is 4.39 Å². The van der Waals surface area contributed by atoms with Gasteiger partial charge in [-0.3, -0.25) is 4.79 Å². The van der Waals surface area contributed by atoms with Crippen molar-refractivity contribution in [2.24, 2.45) is 4.99 Å². The van der Waals surface area contributed by atoms with Gasteiger partial charge in [0.2, 0.25) is 0 Å². The first-order chi connectivity index (χ1) is 14.1. The third-order valence-electron chi connectivity index (χ3n) is 4.04. The third kappa shape index (κ3) is 5.42. The van der Waals surface area contributed by atoms with Gasteiger partial charge in [-0.2, -0.15) is 4.99 Å². The summed E-state index contributed by atoms with van der Waals surface area (Å²) in [5.74, 6) is -0.218. The number of benzene rings is 2. The van der Waals surface area contributed by atoms with Crippen LogP contribution in [0.15, 0.2) is 47.5 Å². The first-order valence-electron chi connectivity index (χ1n) is 9.41. The molecule has 3 aromatic rings. The molecule has 3 rings (SSSR count). The quantitative estimate of drug-likeness (QED) is 0.496. The molecule has 0 saturated heterocycles. The van der Waals surface area contributed by atoms with Crippen LogP contribution in [0.1, 0.15) is 13.8 Å². The van der Waals surface area contributed by atoms with Gasteiger partial charge in [-0.25, -0.2) is 4.39 Å². The number of para-hydroxylation sites is 1. The number of thiazole rings is 1. The van der Waals surface area contributed by atoms with E-state index in [0.717, 1.165) is 16.0 Å². The van der Waals surface area contributed by atoms with Gasteiger partial charge in [-0.05, 0) is 44.2 Å². The number of carbonyl (C=O) groups excluding carboxylic acids is 1. The molecule has 0 bridgehead atoms. The Morgan fingerprint density at radius 1 is 1.14 bits per heavy atom. The van der Waals surface area contributed by atoms with E-state index in [0.29, 0.717) is 31.2 Å². The summed E-state index contributed by atoms with van der Waals surface area (Å²) in [6.45, 7) is 5.76. The molecule has 0 saturated carbocycles. The maximum Gasteiger partial charge on any atom is 0.286 e. The van der Waals surface area contributed by atoms with E-state index in [-0.39, 0.29) is 12.4 Å². The number of carbonyl (C=O) groups is 1. The lowest BCUT2D eigenvalue weighted by Gasteiger charge is -2.07. The number of aromatic nitrogens is 1. The summed E-state index contributed by atoms with van der Waals surface area (Å²) < 4.78 is 32.8. The predicted octanol–water partition coefficient (Wildman–Crippen LogP) is 3.78. The number of fused-ring (bicyclic) bond motifs is 1. The largest absolute Gasteiger partial charge is 0.494 e. The Bertz CT molecular complexity index is 1040. The van der Waals surface area contributed by atoms with Crippen LogP contribution in [-0.4, -0.2) is 36.9 Å². The first-order valence-corrected chi connectivity index (χ1v) is 10.2. The number of halogens is 1. The zero-order valence-corrected chi connectivity index (χ0v) is 17.2. The smallest absolute Gasteiger partial charge is 0.286 e. The van der Waals surface area contributed by atoms with Crippen LogP contribution in [-0.2, 0) is 16.1 Å². The van der Waals surface area contributed by atoms with Gasteiger partial charge in [0.15, 0.2) is 23.0 Å². The highest BCUT2D eigenvalue weighted by atomic mass is 32.1. The van der Waals surface area contributed by atoms with Crippen LogP contribution in [0, 0.1) is 5.82 Å². The molecule has 1 heterocycles. The predicted molar refractivity (Wildman–Crippen MR) is 110 cm³/mol. The molecule has 8 heteroatoms. The molecular weight excluding hydrogens is 395 g/mol. The molecule has 0 fully saturated rings. The highest BCUT2D eigenvalue weighted by Gasteiger charge is 2.11. The maximum atomic E-state index is 13.6. The lowest BCUT2D eigenvalue weighted by Crippen LogP contribution is -2.21. The van der Waals surface area contributed by atoms with Crippen molar-refractivity contribution in [1.29, 1.82) is 0 Å². The topological polar surface area (TPSA) is 62.1 Å². The Labute approximate surface area is 172 Å². The van der Waals surface area contributed by atoms with Crippen molar-refractivity contribution >= 4 is 27.5 Å². The molecule has 154 valence electrons. The average molecular weight is 418 g/mol. The van der Waals surface area contributed by atoms with Gasteiger partial charge >= 0.3 is 0 Å². The fourth-order valence-electron chi connectivity index (χ4n) is 2.75. The molecule has 0 aliphatic carbocycles. The van der Waals surface area contributed by atoms with Crippen molar-refractivity contribution in [1.82, 2.24) is 4.57 Å². The lowest BCUT2D eigenvalue weighted by molar-refractivity contribution is -0.120. The zero-order chi connectivity index (χ0) is 20.6. The second kappa shape index (κ2) is 10.2. The Morgan fingerprint density at radius 2 is 1.97 bits per heavy atom. The van der Waals surface area contributed by atoms with Crippen molar-refractivity contribution in [3.05, 3.63) is 53.1 Å². The van der Waals surface area contributed by atoms with Crippen molar-refractivity contribution < 1.29 is 23.4 Å². The summed E-state index contributed by atoms with van der Waals surface area (Å²) in [6.07, 6.45) is 0. The van der Waals surface area contributed by atoms with Crippen molar-refractivity contribution in [2.45, 2.75) is 20.4 Å². The van der Waals surface area contributed by atoms with E-state index >= 15 is 0 Å². The van der Waals surface area contributed by atoms with E-state index in [1.807, 2.05) is 36.6 Å². The van der Waals surface area contributed by atoms with Crippen molar-refractivity contribution in [3.8, 4) is 11.5 Å². The highest BCUT2D eigenvalue weighted by Crippen LogP contribution is 2.23. The molecule has 1 amide bonds. The van der Waals surface area contributed by atoms with E-state index in [4.69, 9.17) is 14.2 Å². The standard InChI is InChI=1S/C21H23FN2O4S/c1-3-26-12-11-24-17-10-9-15(27-4-2)13-19(17)29-21(24)23-20(25)14-28-18-8-6-5-7-16(18)22/h5-10,13H,3-4,11-12,14H2,1-2H3. The minimum absolute atomic E-state index is 0.0259. The summed E-state index contributed by atoms with van der Waals surface area (Å²) in [5.41, 5.74) is 0.944. The van der Waals surface area contributed by atoms with Gasteiger partial charge in [0, 0.05) is 13.2 Å². The molecule has 0 aliphatic heterocycles. The van der Waals surface area contributed by atoms with E-state index in [1.54, 1.807) is 12.1 Å². The number of hydrogen-bond acceptors (Lipinski definition) is 5. The molecule has 0 radical (unpaired) electrons. The Morgan fingerprint density at radius 3 is 2.72 bits per heavy atom. The Hall–Kier alpha value is -2.71. The minimum atomic E-state index is -0.516. The summed E-state index contributed by atoms with van der Waals surface area (Å²) >= 11 is 1.39. The third-order valence-corrected chi connectivity index (χ3v) is 5.08. The van der Waals surface area contributed by atoms with Crippen LogP contribution in [0.2, 0.25) is 0 Å². The molecule has 2 aromatic carbocycles. The monoisotopic (exact) mass is 418 g/mol. The van der Waals surface area contributed by atoms with Gasteiger partial charge in [-0.1, -0.05) is 23.5 Å². The number of amides is 1. The summed E-state index contributed by atoms with van der Waals surface area (Å²) in [5, 5.41) is 0. The number of ether oxygens (including phenoxy) is 3. The lowest BCUT2D eigenvalue weighted by atomic mass is 10.3. The van der Waals surface area contributed by atoms with Crippen molar-refractivity contribution in [3.63, 3.8) is 0 Å². The van der Waals surface area contributed by atoms with Crippen LogP contribution >= 0.6 is 11.3 Å². The molecular formula is C21H23FN2O4S. The van der Waals surface area contributed by atoms with Crippen LogP contribution < -0.4 is 14.3 Å². The van der Waals surface area contributed by atoms with Gasteiger partial charge < -0.3 is 18.8 Å². The second-order valence-electron chi connectivity index (χ2n) is 6.02. The number of nitrogens with zero attached hydrogens (tertiary/aromatic N) is 2. The van der Waals surface area contributed by atoms with Gasteiger partial charge in [0.25, 0.3) is 5.91 Å². The number of hydrogen-bond donors (Lipinski definition) is 0. The van der Waals surface area contributed by atoms with Gasteiger partial charge in [0.05, 0.1) is 23.4 Å². The molecule has 0 aliphatic rings. The van der Waals surface area contributed by atoms with Gasteiger partial charge in [-0.15, -0.1) is 0 Å². The summed E-state index contributed by atoms with van der Waals surface area (Å²) in [7, 11) is 0. The Balaban J connectivity index is 1.87. The molecule has 0 atom stereocenters. The van der Waals surface area contributed by atoms with Crippen molar-refractivity contribution in [2.75, 3.05) is 26.4 Å². The fourth-order valence-corrected chi connectivity index (χ4v) is 3.85.